The molecule has 2 saturated carbocycles. The average molecular weight is 249 g/mol. The van der Waals surface area contributed by atoms with Crippen LogP contribution >= 0.6 is 0 Å². The fourth-order valence-electron chi connectivity index (χ4n) is 4.91. The van der Waals surface area contributed by atoms with Gasteiger partial charge < -0.3 is 0 Å². The van der Waals surface area contributed by atoms with Gasteiger partial charge in [0, 0.05) is 18.6 Å². The molecule has 1 heteroatoms. The van der Waals surface area contributed by atoms with Gasteiger partial charge in [-0.2, -0.15) is 0 Å². The third kappa shape index (κ3) is 2.48. The van der Waals surface area contributed by atoms with Crippen molar-refractivity contribution in [3.63, 3.8) is 0 Å². The third-order valence-corrected chi connectivity index (χ3v) is 6.00. The Bertz CT molecular complexity index is 303. The van der Waals surface area contributed by atoms with E-state index in [9.17, 15) is 0 Å². The van der Waals surface area contributed by atoms with Gasteiger partial charge in [-0.1, -0.05) is 40.0 Å². The Hall–Kier alpha value is -0.0400. The van der Waals surface area contributed by atoms with E-state index in [1.54, 1.807) is 0 Å². The van der Waals surface area contributed by atoms with Crippen molar-refractivity contribution >= 4 is 0 Å². The molecule has 0 N–H and O–H groups in total. The minimum Gasteiger partial charge on any atom is -0.297 e. The van der Waals surface area contributed by atoms with Crippen LogP contribution in [0.2, 0.25) is 0 Å². The van der Waals surface area contributed by atoms with Gasteiger partial charge in [0.05, 0.1) is 0 Å². The fraction of sp³-hybridized carbons (Fsp3) is 1.00. The summed E-state index contributed by atoms with van der Waals surface area (Å²) >= 11 is 0. The highest BCUT2D eigenvalue weighted by Gasteiger charge is 2.47. The standard InChI is InChI=1S/C17H31N/c1-16(2)9-10-17(3)12-15(11-16)18(13-17)14-7-5-4-6-8-14/h14-15H,4-13H2,1-3H3/t15-,17+/m1/s1. The normalized spacial score (nSPS) is 41.8. The molecule has 1 heterocycles. The van der Waals surface area contributed by atoms with Crippen LogP contribution in [-0.4, -0.2) is 23.5 Å². The summed E-state index contributed by atoms with van der Waals surface area (Å²) in [5, 5.41) is 0. The highest BCUT2D eigenvalue weighted by atomic mass is 15.2. The molecule has 2 atom stereocenters. The van der Waals surface area contributed by atoms with Crippen LogP contribution in [0.25, 0.3) is 0 Å². The second kappa shape index (κ2) is 4.51. The molecule has 18 heavy (non-hydrogen) atoms. The maximum Gasteiger partial charge on any atom is 0.0109 e. The molecule has 1 aliphatic heterocycles. The summed E-state index contributed by atoms with van der Waals surface area (Å²) in [6, 6.07) is 1.83. The van der Waals surface area contributed by atoms with Gasteiger partial charge in [-0.05, 0) is 49.4 Å². The van der Waals surface area contributed by atoms with Crippen LogP contribution in [-0.2, 0) is 0 Å². The summed E-state index contributed by atoms with van der Waals surface area (Å²) in [6.07, 6.45) is 13.2. The van der Waals surface area contributed by atoms with Gasteiger partial charge in [0.2, 0.25) is 0 Å². The number of likely N-dealkylation sites (tertiary alicyclic amines) is 1. The molecule has 1 saturated heterocycles. The first kappa shape index (κ1) is 13.0. The lowest BCUT2D eigenvalue weighted by molar-refractivity contribution is 0.0867. The zero-order chi connectivity index (χ0) is 12.8. The quantitative estimate of drug-likeness (QED) is 0.656. The van der Waals surface area contributed by atoms with Crippen LogP contribution in [0.5, 0.6) is 0 Å². The van der Waals surface area contributed by atoms with Gasteiger partial charge in [-0.3, -0.25) is 4.90 Å². The Kier molecular flexibility index (Phi) is 3.25. The van der Waals surface area contributed by atoms with Gasteiger partial charge in [-0.15, -0.1) is 0 Å². The summed E-state index contributed by atoms with van der Waals surface area (Å²) in [6.45, 7) is 8.95. The highest BCUT2D eigenvalue weighted by Crippen LogP contribution is 2.50. The first-order chi connectivity index (χ1) is 8.48. The largest absolute Gasteiger partial charge is 0.297 e. The van der Waals surface area contributed by atoms with Crippen molar-refractivity contribution in [2.75, 3.05) is 6.54 Å². The molecule has 0 aromatic heterocycles. The molecule has 0 spiro atoms. The Morgan fingerprint density at radius 2 is 1.56 bits per heavy atom. The van der Waals surface area contributed by atoms with Crippen molar-refractivity contribution in [2.45, 2.75) is 90.6 Å². The summed E-state index contributed by atoms with van der Waals surface area (Å²) < 4.78 is 0. The molecule has 3 fully saturated rings. The lowest BCUT2D eigenvalue weighted by Crippen LogP contribution is -2.43. The van der Waals surface area contributed by atoms with E-state index in [4.69, 9.17) is 0 Å². The molecule has 3 rings (SSSR count). The van der Waals surface area contributed by atoms with Crippen molar-refractivity contribution in [2.24, 2.45) is 10.8 Å². The topological polar surface area (TPSA) is 3.24 Å². The lowest BCUT2D eigenvalue weighted by Gasteiger charge is -2.40. The molecular weight excluding hydrogens is 218 g/mol. The van der Waals surface area contributed by atoms with E-state index in [1.165, 1.54) is 64.3 Å². The molecule has 0 aromatic carbocycles. The van der Waals surface area contributed by atoms with Crippen molar-refractivity contribution in [1.82, 2.24) is 4.90 Å². The Morgan fingerprint density at radius 1 is 0.833 bits per heavy atom. The van der Waals surface area contributed by atoms with Gasteiger partial charge in [0.15, 0.2) is 0 Å². The van der Waals surface area contributed by atoms with Crippen LogP contribution in [0.1, 0.15) is 78.6 Å². The molecule has 2 bridgehead atoms. The van der Waals surface area contributed by atoms with Gasteiger partial charge >= 0.3 is 0 Å². The van der Waals surface area contributed by atoms with E-state index in [2.05, 4.69) is 25.7 Å². The van der Waals surface area contributed by atoms with Crippen molar-refractivity contribution in [1.29, 1.82) is 0 Å². The summed E-state index contributed by atoms with van der Waals surface area (Å²) in [7, 11) is 0. The second-order valence-corrected chi connectivity index (χ2v) is 8.50. The van der Waals surface area contributed by atoms with E-state index >= 15 is 0 Å². The van der Waals surface area contributed by atoms with Gasteiger partial charge in [0.1, 0.15) is 0 Å². The summed E-state index contributed by atoms with van der Waals surface area (Å²) in [5.41, 5.74) is 1.21. The van der Waals surface area contributed by atoms with E-state index in [-0.39, 0.29) is 0 Å². The van der Waals surface area contributed by atoms with E-state index in [0.717, 1.165) is 12.1 Å². The first-order valence-electron chi connectivity index (χ1n) is 8.23. The molecule has 0 unspecified atom stereocenters. The summed E-state index contributed by atoms with van der Waals surface area (Å²) in [4.78, 5) is 2.94. The van der Waals surface area contributed by atoms with Crippen LogP contribution in [0, 0.1) is 10.8 Å². The zero-order valence-electron chi connectivity index (χ0n) is 12.7. The monoisotopic (exact) mass is 249 g/mol. The molecule has 0 amide bonds. The SMILES string of the molecule is CC1(C)CC[C@@]2(C)C[C@@H](C1)N(C1CCCCC1)C2. The van der Waals surface area contributed by atoms with Crippen LogP contribution in [0.4, 0.5) is 0 Å². The van der Waals surface area contributed by atoms with E-state index in [1.807, 2.05) is 0 Å². The number of rotatable bonds is 1. The highest BCUT2D eigenvalue weighted by molar-refractivity contribution is 5.01. The maximum absolute atomic E-state index is 2.94. The molecule has 0 radical (unpaired) electrons. The van der Waals surface area contributed by atoms with Gasteiger partial charge in [-0.25, -0.2) is 0 Å². The molecule has 3 aliphatic rings. The number of hydrogen-bond donors (Lipinski definition) is 0. The minimum absolute atomic E-state index is 0.579. The fourth-order valence-corrected chi connectivity index (χ4v) is 4.91. The van der Waals surface area contributed by atoms with Crippen LogP contribution in [0.3, 0.4) is 0 Å². The molecule has 0 aromatic rings. The smallest absolute Gasteiger partial charge is 0.0109 e. The van der Waals surface area contributed by atoms with Crippen molar-refractivity contribution in [3.8, 4) is 0 Å². The molecule has 2 aliphatic carbocycles. The lowest BCUT2D eigenvalue weighted by atomic mass is 9.79. The summed E-state index contributed by atoms with van der Waals surface area (Å²) in [5.74, 6) is 0. The average Bonchev–Trinajstić information content (AvgIpc) is 2.59. The van der Waals surface area contributed by atoms with Crippen LogP contribution in [0.15, 0.2) is 0 Å². The third-order valence-electron chi connectivity index (χ3n) is 6.00. The van der Waals surface area contributed by atoms with Gasteiger partial charge in [0.25, 0.3) is 0 Å². The number of nitrogens with zero attached hydrogens (tertiary/aromatic N) is 1. The zero-order valence-corrected chi connectivity index (χ0v) is 12.7. The van der Waals surface area contributed by atoms with E-state index in [0.29, 0.717) is 10.8 Å². The minimum atomic E-state index is 0.579. The Labute approximate surface area is 113 Å². The molecule has 104 valence electrons. The molecule has 1 nitrogen and oxygen atoms in total. The number of fused-ring (bicyclic) bond motifs is 2. The van der Waals surface area contributed by atoms with Crippen LogP contribution < -0.4 is 0 Å². The van der Waals surface area contributed by atoms with Crippen molar-refractivity contribution in [3.05, 3.63) is 0 Å². The van der Waals surface area contributed by atoms with E-state index < -0.39 is 0 Å². The predicted molar refractivity (Wildman–Crippen MR) is 77.7 cm³/mol. The first-order valence-corrected chi connectivity index (χ1v) is 8.23. The Balaban J connectivity index is 1.76. The number of hydrogen-bond acceptors (Lipinski definition) is 1. The molecular formula is C17H31N. The predicted octanol–water partition coefficient (Wildman–Crippen LogP) is 4.61. The Morgan fingerprint density at radius 3 is 2.28 bits per heavy atom. The maximum atomic E-state index is 2.94. The second-order valence-electron chi connectivity index (χ2n) is 8.50. The van der Waals surface area contributed by atoms with Crippen molar-refractivity contribution < 1.29 is 0 Å².